The molecule has 17 heavy (non-hydrogen) atoms. The summed E-state index contributed by atoms with van der Waals surface area (Å²) in [6.07, 6.45) is 0. The molecule has 0 atom stereocenters. The Hall–Kier alpha value is -2.00. The van der Waals surface area contributed by atoms with Gasteiger partial charge in [-0.2, -0.15) is 0 Å². The molecular weight excluding hydrogens is 236 g/mol. The zero-order valence-electron chi connectivity index (χ0n) is 8.81. The highest BCUT2D eigenvalue weighted by Gasteiger charge is 2.05. The van der Waals surface area contributed by atoms with Crippen LogP contribution >= 0.6 is 11.6 Å². The second-order valence-corrected chi connectivity index (χ2v) is 4.23. The number of hydrogen-bond donors (Lipinski definition) is 2. The third-order valence-electron chi connectivity index (χ3n) is 2.58. The largest absolute Gasteiger partial charge is 0.508 e. The summed E-state index contributed by atoms with van der Waals surface area (Å²) in [4.78, 5) is 7.60. The van der Waals surface area contributed by atoms with Crippen LogP contribution in [0, 0.1) is 0 Å². The minimum atomic E-state index is 0.226. The minimum absolute atomic E-state index is 0.226. The van der Waals surface area contributed by atoms with Gasteiger partial charge in [0, 0.05) is 16.7 Å². The molecule has 0 bridgehead atoms. The monoisotopic (exact) mass is 244 g/mol. The molecule has 1 heterocycles. The molecule has 0 spiro atoms. The lowest BCUT2D eigenvalue weighted by atomic mass is 10.2. The van der Waals surface area contributed by atoms with E-state index in [9.17, 15) is 5.11 Å². The van der Waals surface area contributed by atoms with Gasteiger partial charge in [-0.1, -0.05) is 11.6 Å². The fraction of sp³-hybridized carbons (Fsp3) is 0. The number of halogens is 1. The Morgan fingerprint density at radius 2 is 1.82 bits per heavy atom. The van der Waals surface area contributed by atoms with Crippen molar-refractivity contribution in [2.75, 3.05) is 0 Å². The van der Waals surface area contributed by atoms with E-state index < -0.39 is 0 Å². The van der Waals surface area contributed by atoms with Crippen LogP contribution in [-0.2, 0) is 0 Å². The highest BCUT2D eigenvalue weighted by molar-refractivity contribution is 6.30. The third-order valence-corrected chi connectivity index (χ3v) is 2.84. The zero-order chi connectivity index (χ0) is 11.8. The number of phenolic OH excluding ortho intramolecular Hbond substituents is 1. The highest BCUT2D eigenvalue weighted by atomic mass is 35.5. The van der Waals surface area contributed by atoms with Crippen LogP contribution in [0.1, 0.15) is 0 Å². The van der Waals surface area contributed by atoms with Crippen molar-refractivity contribution in [3.8, 4) is 17.1 Å². The first kappa shape index (κ1) is 10.2. The van der Waals surface area contributed by atoms with Crippen LogP contribution < -0.4 is 0 Å². The number of nitrogens with one attached hydrogen (secondary N) is 1. The second-order valence-electron chi connectivity index (χ2n) is 3.79. The van der Waals surface area contributed by atoms with Crippen LogP contribution in [0.25, 0.3) is 22.4 Å². The van der Waals surface area contributed by atoms with Gasteiger partial charge in [-0.15, -0.1) is 0 Å². The predicted molar refractivity (Wildman–Crippen MR) is 68.2 cm³/mol. The van der Waals surface area contributed by atoms with Gasteiger partial charge in [-0.3, -0.25) is 0 Å². The fourth-order valence-corrected chi connectivity index (χ4v) is 1.87. The van der Waals surface area contributed by atoms with E-state index >= 15 is 0 Å². The summed E-state index contributed by atoms with van der Waals surface area (Å²) in [5, 5.41) is 10.1. The molecule has 4 heteroatoms. The van der Waals surface area contributed by atoms with Gasteiger partial charge in [-0.05, 0) is 36.4 Å². The average Bonchev–Trinajstić information content (AvgIpc) is 2.72. The SMILES string of the molecule is Oc1ccc2nc(-c3ccc(Cl)cc3)[nH]c2c1. The maximum atomic E-state index is 9.38. The van der Waals surface area contributed by atoms with Gasteiger partial charge >= 0.3 is 0 Å². The van der Waals surface area contributed by atoms with Crippen molar-refractivity contribution in [1.29, 1.82) is 0 Å². The number of H-pyrrole nitrogens is 1. The summed E-state index contributed by atoms with van der Waals surface area (Å²) >= 11 is 5.83. The molecular formula is C13H9ClN2O. The Morgan fingerprint density at radius 1 is 1.06 bits per heavy atom. The van der Waals surface area contributed by atoms with E-state index in [1.54, 1.807) is 18.2 Å². The molecule has 0 unspecified atom stereocenters. The number of aromatic nitrogens is 2. The summed E-state index contributed by atoms with van der Waals surface area (Å²) in [5.41, 5.74) is 2.60. The molecule has 3 aromatic rings. The topological polar surface area (TPSA) is 48.9 Å². The molecule has 2 aromatic carbocycles. The number of fused-ring (bicyclic) bond motifs is 1. The van der Waals surface area contributed by atoms with Gasteiger partial charge < -0.3 is 10.1 Å². The molecule has 3 nitrogen and oxygen atoms in total. The summed E-state index contributed by atoms with van der Waals surface area (Å²) in [5.74, 6) is 0.992. The number of nitrogens with zero attached hydrogens (tertiary/aromatic N) is 1. The van der Waals surface area contributed by atoms with Crippen LogP contribution in [0.2, 0.25) is 5.02 Å². The average molecular weight is 245 g/mol. The first-order valence-electron chi connectivity index (χ1n) is 5.17. The first-order valence-corrected chi connectivity index (χ1v) is 5.55. The Balaban J connectivity index is 2.14. The Morgan fingerprint density at radius 3 is 2.59 bits per heavy atom. The number of imidazole rings is 1. The number of aromatic hydroxyl groups is 1. The molecule has 0 amide bonds. The van der Waals surface area contributed by atoms with E-state index in [1.165, 1.54) is 0 Å². The molecule has 3 rings (SSSR count). The standard InChI is InChI=1S/C13H9ClN2O/c14-9-3-1-8(2-4-9)13-15-11-6-5-10(17)7-12(11)16-13/h1-7,17H,(H,15,16). The lowest BCUT2D eigenvalue weighted by molar-refractivity contribution is 0.476. The molecule has 0 radical (unpaired) electrons. The summed E-state index contributed by atoms with van der Waals surface area (Å²) < 4.78 is 0. The van der Waals surface area contributed by atoms with E-state index in [4.69, 9.17) is 11.6 Å². The lowest BCUT2D eigenvalue weighted by Gasteiger charge is -1.95. The van der Waals surface area contributed by atoms with Gasteiger partial charge in [0.15, 0.2) is 0 Å². The van der Waals surface area contributed by atoms with E-state index in [2.05, 4.69) is 9.97 Å². The van der Waals surface area contributed by atoms with E-state index in [1.807, 2.05) is 24.3 Å². The third kappa shape index (κ3) is 1.85. The highest BCUT2D eigenvalue weighted by Crippen LogP contribution is 2.24. The molecule has 0 saturated heterocycles. The number of phenols is 1. The Bertz CT molecular complexity index is 673. The normalized spacial score (nSPS) is 10.9. The Labute approximate surface area is 103 Å². The molecule has 0 aliphatic heterocycles. The van der Waals surface area contributed by atoms with Crippen molar-refractivity contribution >= 4 is 22.6 Å². The van der Waals surface area contributed by atoms with Gasteiger partial charge in [0.25, 0.3) is 0 Å². The number of aromatic amines is 1. The fourth-order valence-electron chi connectivity index (χ4n) is 1.74. The molecule has 0 aliphatic rings. The zero-order valence-corrected chi connectivity index (χ0v) is 9.57. The Kier molecular flexibility index (Phi) is 2.27. The number of rotatable bonds is 1. The van der Waals surface area contributed by atoms with Crippen LogP contribution in [0.5, 0.6) is 5.75 Å². The summed E-state index contributed by atoms with van der Waals surface area (Å²) in [6, 6.07) is 12.5. The van der Waals surface area contributed by atoms with Crippen LogP contribution in [0.15, 0.2) is 42.5 Å². The number of benzene rings is 2. The van der Waals surface area contributed by atoms with Gasteiger partial charge in [0.05, 0.1) is 11.0 Å². The van der Waals surface area contributed by atoms with Crippen LogP contribution in [0.3, 0.4) is 0 Å². The van der Waals surface area contributed by atoms with Gasteiger partial charge in [-0.25, -0.2) is 4.98 Å². The molecule has 0 aliphatic carbocycles. The molecule has 0 saturated carbocycles. The molecule has 84 valence electrons. The van der Waals surface area contributed by atoms with Crippen LogP contribution in [0.4, 0.5) is 0 Å². The maximum absolute atomic E-state index is 9.38. The van der Waals surface area contributed by atoms with E-state index in [0.29, 0.717) is 5.02 Å². The lowest BCUT2D eigenvalue weighted by Crippen LogP contribution is -1.78. The molecule has 1 aromatic heterocycles. The minimum Gasteiger partial charge on any atom is -0.508 e. The number of hydrogen-bond acceptors (Lipinski definition) is 2. The van der Waals surface area contributed by atoms with E-state index in [0.717, 1.165) is 22.4 Å². The van der Waals surface area contributed by atoms with Crippen molar-refractivity contribution in [2.24, 2.45) is 0 Å². The van der Waals surface area contributed by atoms with Crippen molar-refractivity contribution in [3.05, 3.63) is 47.5 Å². The smallest absolute Gasteiger partial charge is 0.138 e. The van der Waals surface area contributed by atoms with Crippen molar-refractivity contribution < 1.29 is 5.11 Å². The molecule has 2 N–H and O–H groups in total. The van der Waals surface area contributed by atoms with Crippen LogP contribution in [-0.4, -0.2) is 15.1 Å². The van der Waals surface area contributed by atoms with E-state index in [-0.39, 0.29) is 5.75 Å². The van der Waals surface area contributed by atoms with Gasteiger partial charge in [0.1, 0.15) is 11.6 Å². The summed E-state index contributed by atoms with van der Waals surface area (Å²) in [7, 11) is 0. The quantitative estimate of drug-likeness (QED) is 0.687. The second kappa shape index (κ2) is 3.79. The van der Waals surface area contributed by atoms with Crippen molar-refractivity contribution in [3.63, 3.8) is 0 Å². The van der Waals surface area contributed by atoms with Crippen molar-refractivity contribution in [2.45, 2.75) is 0 Å². The van der Waals surface area contributed by atoms with Crippen molar-refractivity contribution in [1.82, 2.24) is 9.97 Å². The summed E-state index contributed by atoms with van der Waals surface area (Å²) in [6.45, 7) is 0. The maximum Gasteiger partial charge on any atom is 0.138 e. The predicted octanol–water partition coefficient (Wildman–Crippen LogP) is 3.59. The first-order chi connectivity index (χ1) is 8.22. The van der Waals surface area contributed by atoms with Gasteiger partial charge in [0.2, 0.25) is 0 Å². The molecule has 0 fully saturated rings.